The van der Waals surface area contributed by atoms with Crippen LogP contribution in [0.2, 0.25) is 0 Å². The van der Waals surface area contributed by atoms with Gasteiger partial charge >= 0.3 is 0 Å². The maximum atomic E-state index is 9.03. The summed E-state index contributed by atoms with van der Waals surface area (Å²) in [4.78, 5) is 0. The average molecular weight is 294 g/mol. The molecule has 0 saturated heterocycles. The van der Waals surface area contributed by atoms with Crippen molar-refractivity contribution in [3.8, 4) is 5.88 Å². The van der Waals surface area contributed by atoms with Gasteiger partial charge in [0.2, 0.25) is 5.88 Å². The van der Waals surface area contributed by atoms with Gasteiger partial charge in [-0.1, -0.05) is 32.9 Å². The second-order valence-corrected chi connectivity index (χ2v) is 5.56. The quantitative estimate of drug-likeness (QED) is 0.349. The van der Waals surface area contributed by atoms with Crippen molar-refractivity contribution in [2.75, 3.05) is 0 Å². The SMILES string of the molecule is CCc1nnc(OC(C)CC(C)C)c(C(N)=NO)c1CC. The van der Waals surface area contributed by atoms with Crippen molar-refractivity contribution in [3.63, 3.8) is 0 Å². The first-order valence-corrected chi connectivity index (χ1v) is 7.47. The Hall–Kier alpha value is -1.85. The molecule has 1 atom stereocenters. The summed E-state index contributed by atoms with van der Waals surface area (Å²) < 4.78 is 5.88. The zero-order chi connectivity index (χ0) is 16.0. The summed E-state index contributed by atoms with van der Waals surface area (Å²) in [7, 11) is 0. The van der Waals surface area contributed by atoms with Gasteiger partial charge in [-0.15, -0.1) is 5.10 Å². The lowest BCUT2D eigenvalue weighted by atomic mass is 10.0. The van der Waals surface area contributed by atoms with Crippen LogP contribution in [0.4, 0.5) is 0 Å². The number of hydrogen-bond acceptors (Lipinski definition) is 5. The van der Waals surface area contributed by atoms with E-state index in [1.807, 2.05) is 20.8 Å². The number of oxime groups is 1. The minimum atomic E-state index is -0.0123. The Morgan fingerprint density at radius 3 is 2.38 bits per heavy atom. The molecule has 6 nitrogen and oxygen atoms in total. The van der Waals surface area contributed by atoms with Crippen LogP contribution < -0.4 is 10.5 Å². The predicted octanol–water partition coefficient (Wildman–Crippen LogP) is 2.51. The van der Waals surface area contributed by atoms with Gasteiger partial charge in [-0.05, 0) is 37.7 Å². The minimum absolute atomic E-state index is 0.0123. The molecule has 0 aliphatic carbocycles. The van der Waals surface area contributed by atoms with Crippen LogP contribution in [0.15, 0.2) is 5.16 Å². The molecule has 21 heavy (non-hydrogen) atoms. The van der Waals surface area contributed by atoms with Crippen LogP contribution in [0.25, 0.3) is 0 Å². The molecule has 6 heteroatoms. The van der Waals surface area contributed by atoms with Crippen molar-refractivity contribution >= 4 is 5.84 Å². The van der Waals surface area contributed by atoms with Gasteiger partial charge in [0, 0.05) is 0 Å². The van der Waals surface area contributed by atoms with Crippen molar-refractivity contribution < 1.29 is 9.94 Å². The summed E-state index contributed by atoms with van der Waals surface area (Å²) in [6, 6.07) is 0. The molecule has 1 unspecified atom stereocenters. The zero-order valence-electron chi connectivity index (χ0n) is 13.6. The van der Waals surface area contributed by atoms with Gasteiger partial charge in [-0.3, -0.25) is 0 Å². The van der Waals surface area contributed by atoms with E-state index in [9.17, 15) is 0 Å². The fourth-order valence-corrected chi connectivity index (χ4v) is 2.45. The van der Waals surface area contributed by atoms with E-state index in [1.165, 1.54) is 0 Å². The molecule has 0 fully saturated rings. The summed E-state index contributed by atoms with van der Waals surface area (Å²) in [5.41, 5.74) is 8.16. The Bertz CT molecular complexity index is 501. The number of amidine groups is 1. The number of hydrogen-bond donors (Lipinski definition) is 2. The Balaban J connectivity index is 3.25. The number of rotatable bonds is 7. The summed E-state index contributed by atoms with van der Waals surface area (Å²) in [5.74, 6) is 0.872. The Morgan fingerprint density at radius 2 is 1.90 bits per heavy atom. The topological polar surface area (TPSA) is 93.6 Å². The van der Waals surface area contributed by atoms with E-state index < -0.39 is 0 Å². The molecule has 0 amide bonds. The first-order chi connectivity index (χ1) is 9.94. The van der Waals surface area contributed by atoms with Crippen molar-refractivity contribution in [2.45, 2.75) is 60.0 Å². The molecule has 1 aromatic rings. The Morgan fingerprint density at radius 1 is 1.24 bits per heavy atom. The molecule has 118 valence electrons. The van der Waals surface area contributed by atoms with Crippen LogP contribution in [0, 0.1) is 5.92 Å². The molecule has 3 N–H and O–H groups in total. The normalized spacial score (nSPS) is 13.5. The molecule has 0 bridgehead atoms. The van der Waals surface area contributed by atoms with Gasteiger partial charge in [0.1, 0.15) is 0 Å². The van der Waals surface area contributed by atoms with Crippen molar-refractivity contribution in [1.82, 2.24) is 10.2 Å². The number of nitrogens with zero attached hydrogens (tertiary/aromatic N) is 3. The van der Waals surface area contributed by atoms with Gasteiger partial charge in [0.15, 0.2) is 5.84 Å². The third-order valence-electron chi connectivity index (χ3n) is 3.29. The molecular weight excluding hydrogens is 268 g/mol. The standard InChI is InChI=1S/C15H26N4O2/c1-6-11-12(7-2)17-18-15(13(11)14(16)19-20)21-10(5)8-9(3)4/h9-10,20H,6-8H2,1-5H3,(H2,16,19). The smallest absolute Gasteiger partial charge is 0.245 e. The second-order valence-electron chi connectivity index (χ2n) is 5.56. The number of ether oxygens (including phenoxy) is 1. The molecule has 0 radical (unpaired) electrons. The minimum Gasteiger partial charge on any atom is -0.473 e. The van der Waals surface area contributed by atoms with Crippen LogP contribution in [0.3, 0.4) is 0 Å². The van der Waals surface area contributed by atoms with Gasteiger partial charge in [0.05, 0.1) is 17.4 Å². The molecule has 1 heterocycles. The predicted molar refractivity (Wildman–Crippen MR) is 82.8 cm³/mol. The second kappa shape index (κ2) is 7.81. The number of nitrogens with two attached hydrogens (primary N) is 1. The summed E-state index contributed by atoms with van der Waals surface area (Å²) >= 11 is 0. The lowest BCUT2D eigenvalue weighted by Crippen LogP contribution is -2.23. The van der Waals surface area contributed by atoms with Gasteiger partial charge in [0.25, 0.3) is 0 Å². The highest BCUT2D eigenvalue weighted by Crippen LogP contribution is 2.24. The summed E-state index contributed by atoms with van der Waals surface area (Å²) in [6.07, 6.45) is 2.35. The van der Waals surface area contributed by atoms with Crippen LogP contribution in [-0.4, -0.2) is 27.3 Å². The largest absolute Gasteiger partial charge is 0.473 e. The first-order valence-electron chi connectivity index (χ1n) is 7.47. The molecule has 1 aromatic heterocycles. The van der Waals surface area contributed by atoms with Crippen molar-refractivity contribution in [1.29, 1.82) is 0 Å². The van der Waals surface area contributed by atoms with E-state index in [-0.39, 0.29) is 11.9 Å². The molecule has 0 aromatic carbocycles. The lowest BCUT2D eigenvalue weighted by Gasteiger charge is -2.19. The van der Waals surface area contributed by atoms with Crippen molar-refractivity contribution in [3.05, 3.63) is 16.8 Å². The van der Waals surface area contributed by atoms with E-state index in [0.717, 1.165) is 30.5 Å². The third-order valence-corrected chi connectivity index (χ3v) is 3.29. The molecule has 0 aliphatic heterocycles. The molecule has 1 rings (SSSR count). The van der Waals surface area contributed by atoms with Crippen LogP contribution in [0.5, 0.6) is 5.88 Å². The van der Waals surface area contributed by atoms with Gasteiger partial charge in [-0.25, -0.2) is 0 Å². The highest BCUT2D eigenvalue weighted by Gasteiger charge is 2.21. The highest BCUT2D eigenvalue weighted by atomic mass is 16.5. The average Bonchev–Trinajstić information content (AvgIpc) is 2.44. The number of aryl methyl sites for hydroxylation is 1. The highest BCUT2D eigenvalue weighted by molar-refractivity contribution is 6.00. The zero-order valence-corrected chi connectivity index (χ0v) is 13.6. The van der Waals surface area contributed by atoms with Crippen LogP contribution in [-0.2, 0) is 12.8 Å². The Labute approximate surface area is 126 Å². The fraction of sp³-hybridized carbons (Fsp3) is 0.667. The number of aromatic nitrogens is 2. The molecule has 0 aliphatic rings. The molecule has 0 spiro atoms. The van der Waals surface area contributed by atoms with E-state index in [0.29, 0.717) is 17.4 Å². The maximum Gasteiger partial charge on any atom is 0.245 e. The lowest BCUT2D eigenvalue weighted by molar-refractivity contribution is 0.183. The van der Waals surface area contributed by atoms with E-state index in [4.69, 9.17) is 15.7 Å². The van der Waals surface area contributed by atoms with Crippen LogP contribution >= 0.6 is 0 Å². The maximum absolute atomic E-state index is 9.03. The Kier molecular flexibility index (Phi) is 6.39. The molecule has 0 saturated carbocycles. The van der Waals surface area contributed by atoms with E-state index in [2.05, 4.69) is 29.2 Å². The van der Waals surface area contributed by atoms with E-state index >= 15 is 0 Å². The van der Waals surface area contributed by atoms with E-state index in [1.54, 1.807) is 0 Å². The summed E-state index contributed by atoms with van der Waals surface area (Å²) in [6.45, 7) is 10.3. The van der Waals surface area contributed by atoms with Crippen molar-refractivity contribution in [2.24, 2.45) is 16.8 Å². The van der Waals surface area contributed by atoms with Gasteiger partial charge in [-0.2, -0.15) is 5.10 Å². The van der Waals surface area contributed by atoms with Gasteiger partial charge < -0.3 is 15.7 Å². The summed E-state index contributed by atoms with van der Waals surface area (Å²) in [5, 5.41) is 20.5. The fourth-order valence-electron chi connectivity index (χ4n) is 2.45. The third kappa shape index (κ3) is 4.31. The monoisotopic (exact) mass is 294 g/mol. The molecular formula is C15H26N4O2. The van der Waals surface area contributed by atoms with Crippen LogP contribution in [0.1, 0.15) is 57.9 Å². The first kappa shape index (κ1) is 17.2.